The fraction of sp³-hybridized carbons (Fsp3) is 0.150. The Bertz CT molecular complexity index is 1260. The van der Waals surface area contributed by atoms with Crippen LogP contribution in [0, 0.1) is 0 Å². The van der Waals surface area contributed by atoms with Gasteiger partial charge in [-0.3, -0.25) is 9.36 Å². The summed E-state index contributed by atoms with van der Waals surface area (Å²) in [6.45, 7) is 1.98. The highest BCUT2D eigenvalue weighted by molar-refractivity contribution is 9.10. The standard InChI is InChI=1S/C20H18BrN7OS/c1-11(12-5-3-2-4-6-12)28-17(29)14-9-13(21)7-8-15(14)24-20(28)30-10-16-25-18(22)27-19(23)26-16/h2-9,11H,10H2,1H3,(H4,22,23,25,26,27)/t11-/m1/s1. The molecule has 4 aromatic rings. The second-order valence-corrected chi connectivity index (χ2v) is 8.43. The van der Waals surface area contributed by atoms with Gasteiger partial charge in [0.05, 0.1) is 22.7 Å². The first-order valence-electron chi connectivity index (χ1n) is 9.08. The van der Waals surface area contributed by atoms with Crippen molar-refractivity contribution in [2.24, 2.45) is 0 Å². The summed E-state index contributed by atoms with van der Waals surface area (Å²) in [6, 6.07) is 15.1. The van der Waals surface area contributed by atoms with E-state index in [1.165, 1.54) is 11.8 Å². The van der Waals surface area contributed by atoms with Gasteiger partial charge < -0.3 is 11.5 Å². The molecular formula is C20H18BrN7OS. The summed E-state index contributed by atoms with van der Waals surface area (Å²) >= 11 is 4.79. The van der Waals surface area contributed by atoms with Crippen molar-refractivity contribution in [3.05, 3.63) is 74.7 Å². The van der Waals surface area contributed by atoms with Gasteiger partial charge in [0.15, 0.2) is 5.16 Å². The van der Waals surface area contributed by atoms with Crippen molar-refractivity contribution < 1.29 is 0 Å². The van der Waals surface area contributed by atoms with Gasteiger partial charge in [-0.2, -0.15) is 15.0 Å². The van der Waals surface area contributed by atoms with Crippen molar-refractivity contribution in [1.29, 1.82) is 0 Å². The van der Waals surface area contributed by atoms with Gasteiger partial charge in [-0.05, 0) is 30.7 Å². The molecule has 0 saturated carbocycles. The van der Waals surface area contributed by atoms with Gasteiger partial charge in [0.2, 0.25) is 11.9 Å². The molecule has 4 N–H and O–H groups in total. The highest BCUT2D eigenvalue weighted by Gasteiger charge is 2.19. The van der Waals surface area contributed by atoms with E-state index >= 15 is 0 Å². The van der Waals surface area contributed by atoms with Gasteiger partial charge in [-0.15, -0.1) is 0 Å². The van der Waals surface area contributed by atoms with Crippen molar-refractivity contribution in [2.45, 2.75) is 23.9 Å². The summed E-state index contributed by atoms with van der Waals surface area (Å²) in [7, 11) is 0. The van der Waals surface area contributed by atoms with Gasteiger partial charge in [0, 0.05) is 4.47 Å². The molecule has 10 heteroatoms. The zero-order chi connectivity index (χ0) is 21.3. The number of hydrogen-bond acceptors (Lipinski definition) is 8. The Hall–Kier alpha value is -2.98. The molecule has 0 fully saturated rings. The van der Waals surface area contributed by atoms with Gasteiger partial charge >= 0.3 is 0 Å². The molecule has 4 rings (SSSR count). The zero-order valence-corrected chi connectivity index (χ0v) is 18.4. The average Bonchev–Trinajstić information content (AvgIpc) is 2.72. The molecule has 2 aromatic heterocycles. The fourth-order valence-electron chi connectivity index (χ4n) is 3.13. The topological polar surface area (TPSA) is 126 Å². The Balaban J connectivity index is 1.82. The molecule has 2 heterocycles. The van der Waals surface area contributed by atoms with E-state index < -0.39 is 0 Å². The van der Waals surface area contributed by atoms with E-state index in [0.717, 1.165) is 10.0 Å². The highest BCUT2D eigenvalue weighted by Crippen LogP contribution is 2.27. The second-order valence-electron chi connectivity index (χ2n) is 6.57. The number of halogens is 1. The van der Waals surface area contributed by atoms with Crippen molar-refractivity contribution >= 4 is 50.5 Å². The van der Waals surface area contributed by atoms with Crippen LogP contribution in [0.1, 0.15) is 24.4 Å². The number of nitrogens with zero attached hydrogens (tertiary/aromatic N) is 5. The molecule has 1 atom stereocenters. The first-order chi connectivity index (χ1) is 14.4. The Labute approximate surface area is 184 Å². The molecule has 0 aliphatic heterocycles. The largest absolute Gasteiger partial charge is 0.368 e. The number of hydrogen-bond donors (Lipinski definition) is 2. The third-order valence-corrected chi connectivity index (χ3v) is 5.99. The van der Waals surface area contributed by atoms with Gasteiger partial charge in [0.25, 0.3) is 5.56 Å². The summed E-state index contributed by atoms with van der Waals surface area (Å²) in [5, 5.41) is 1.11. The number of nitrogen functional groups attached to an aromatic ring is 2. The molecule has 30 heavy (non-hydrogen) atoms. The lowest BCUT2D eigenvalue weighted by atomic mass is 10.1. The van der Waals surface area contributed by atoms with Crippen LogP contribution in [0.2, 0.25) is 0 Å². The molecule has 0 spiro atoms. The van der Waals surface area contributed by atoms with Gasteiger partial charge in [0.1, 0.15) is 5.82 Å². The molecule has 8 nitrogen and oxygen atoms in total. The lowest BCUT2D eigenvalue weighted by Crippen LogP contribution is -2.27. The lowest BCUT2D eigenvalue weighted by Gasteiger charge is -2.20. The van der Waals surface area contributed by atoms with E-state index in [1.54, 1.807) is 10.6 Å². The number of thioether (sulfide) groups is 1. The van der Waals surface area contributed by atoms with Crippen LogP contribution in [0.5, 0.6) is 0 Å². The predicted molar refractivity (Wildman–Crippen MR) is 122 cm³/mol. The third kappa shape index (κ3) is 4.14. The number of anilines is 2. The van der Waals surface area contributed by atoms with E-state index in [9.17, 15) is 4.79 Å². The van der Waals surface area contributed by atoms with Crippen molar-refractivity contribution in [3.8, 4) is 0 Å². The van der Waals surface area contributed by atoms with Crippen molar-refractivity contribution in [1.82, 2.24) is 24.5 Å². The molecule has 0 unspecified atom stereocenters. The maximum absolute atomic E-state index is 13.4. The quantitative estimate of drug-likeness (QED) is 0.326. The smallest absolute Gasteiger partial charge is 0.262 e. The number of rotatable bonds is 5. The van der Waals surface area contributed by atoms with Crippen molar-refractivity contribution in [2.75, 3.05) is 11.5 Å². The Morgan fingerprint density at radius 2 is 1.73 bits per heavy atom. The highest BCUT2D eigenvalue weighted by atomic mass is 79.9. The lowest BCUT2D eigenvalue weighted by molar-refractivity contribution is 0.548. The van der Waals surface area contributed by atoms with Crippen LogP contribution in [0.4, 0.5) is 11.9 Å². The second kappa shape index (κ2) is 8.41. The molecule has 2 aromatic carbocycles. The minimum Gasteiger partial charge on any atom is -0.368 e. The number of nitrogens with two attached hydrogens (primary N) is 2. The van der Waals surface area contributed by atoms with Crippen LogP contribution in [0.15, 0.2) is 63.0 Å². The monoisotopic (exact) mass is 483 g/mol. The average molecular weight is 484 g/mol. The van der Waals surface area contributed by atoms with Crippen LogP contribution >= 0.6 is 27.7 Å². The minimum atomic E-state index is -0.217. The maximum atomic E-state index is 13.4. The molecular weight excluding hydrogens is 466 g/mol. The predicted octanol–water partition coefficient (Wildman–Crippen LogP) is 3.41. The maximum Gasteiger partial charge on any atom is 0.262 e. The zero-order valence-electron chi connectivity index (χ0n) is 16.0. The summed E-state index contributed by atoms with van der Waals surface area (Å²) < 4.78 is 2.52. The summed E-state index contributed by atoms with van der Waals surface area (Å²) in [5.74, 6) is 0.885. The van der Waals surface area contributed by atoms with Crippen LogP contribution in [-0.4, -0.2) is 24.5 Å². The minimum absolute atomic E-state index is 0.0597. The number of benzene rings is 2. The van der Waals surface area contributed by atoms with E-state index in [1.807, 2.05) is 49.4 Å². The van der Waals surface area contributed by atoms with E-state index in [-0.39, 0.29) is 23.5 Å². The fourth-order valence-corrected chi connectivity index (χ4v) is 4.42. The SMILES string of the molecule is C[C@H](c1ccccc1)n1c(SCc2nc(N)nc(N)n2)nc2ccc(Br)cc2c1=O. The Morgan fingerprint density at radius 1 is 1.03 bits per heavy atom. The molecule has 152 valence electrons. The van der Waals surface area contributed by atoms with E-state index in [4.69, 9.17) is 16.5 Å². The van der Waals surface area contributed by atoms with Gasteiger partial charge in [-0.1, -0.05) is 58.0 Å². The van der Waals surface area contributed by atoms with Crippen molar-refractivity contribution in [3.63, 3.8) is 0 Å². The normalized spacial score (nSPS) is 12.2. The van der Waals surface area contributed by atoms with Crippen LogP contribution in [-0.2, 0) is 5.75 Å². The summed E-state index contributed by atoms with van der Waals surface area (Å²) in [6.07, 6.45) is 0. The first-order valence-corrected chi connectivity index (χ1v) is 10.9. The third-order valence-electron chi connectivity index (χ3n) is 4.55. The van der Waals surface area contributed by atoms with Crippen LogP contribution < -0.4 is 17.0 Å². The Morgan fingerprint density at radius 3 is 2.43 bits per heavy atom. The van der Waals surface area contributed by atoms with Crippen LogP contribution in [0.3, 0.4) is 0 Å². The molecule has 0 amide bonds. The van der Waals surface area contributed by atoms with Crippen LogP contribution in [0.25, 0.3) is 10.9 Å². The summed E-state index contributed by atoms with van der Waals surface area (Å²) in [5.41, 5.74) is 12.8. The van der Waals surface area contributed by atoms with E-state index in [2.05, 4.69) is 30.9 Å². The molecule has 0 aliphatic rings. The number of aromatic nitrogens is 5. The first kappa shape index (κ1) is 20.3. The van der Waals surface area contributed by atoms with Gasteiger partial charge in [-0.25, -0.2) is 4.98 Å². The molecule has 0 aliphatic carbocycles. The Kier molecular flexibility index (Phi) is 5.69. The summed E-state index contributed by atoms with van der Waals surface area (Å²) in [4.78, 5) is 30.2. The molecule has 0 radical (unpaired) electrons. The number of fused-ring (bicyclic) bond motifs is 1. The van der Waals surface area contributed by atoms with E-state index in [0.29, 0.717) is 27.6 Å². The molecule has 0 bridgehead atoms. The molecule has 0 saturated heterocycles.